The van der Waals surface area contributed by atoms with Crippen molar-refractivity contribution in [3.05, 3.63) is 29.8 Å². The number of nitrogens with one attached hydrogen (secondary N) is 3. The molecule has 2 aliphatic heterocycles. The maximum atomic E-state index is 12.3. The number of piperidine rings is 1. The van der Waals surface area contributed by atoms with Crippen LogP contribution in [0, 0.1) is 0 Å². The number of amides is 3. The van der Waals surface area contributed by atoms with Gasteiger partial charge in [-0.1, -0.05) is 6.07 Å². The number of urea groups is 1. The zero-order valence-electron chi connectivity index (χ0n) is 12.2. The average Bonchev–Trinajstić information content (AvgIpc) is 2.77. The highest BCUT2D eigenvalue weighted by Gasteiger charge is 2.34. The summed E-state index contributed by atoms with van der Waals surface area (Å²) in [6, 6.07) is 7.46. The van der Waals surface area contributed by atoms with Gasteiger partial charge in [0.25, 0.3) is 5.91 Å². The summed E-state index contributed by atoms with van der Waals surface area (Å²) in [6.07, 6.45) is 4.38. The van der Waals surface area contributed by atoms with Gasteiger partial charge in [0.1, 0.15) is 0 Å². The lowest BCUT2D eigenvalue weighted by Gasteiger charge is -2.29. The highest BCUT2D eigenvalue weighted by atomic mass is 35.5. The van der Waals surface area contributed by atoms with E-state index in [1.165, 1.54) is 12.8 Å². The predicted molar refractivity (Wildman–Crippen MR) is 87.3 cm³/mol. The highest BCUT2D eigenvalue weighted by molar-refractivity contribution is 5.96. The van der Waals surface area contributed by atoms with Crippen molar-refractivity contribution >= 4 is 30.0 Å². The number of nitrogens with two attached hydrogens (primary N) is 1. The summed E-state index contributed by atoms with van der Waals surface area (Å²) in [6.45, 7) is 0. The number of anilines is 1. The zero-order valence-corrected chi connectivity index (χ0v) is 13.0. The molecule has 1 aromatic carbocycles. The van der Waals surface area contributed by atoms with E-state index in [-0.39, 0.29) is 24.4 Å². The van der Waals surface area contributed by atoms with E-state index in [0.717, 1.165) is 12.8 Å². The number of carbonyl (C=O) groups is 2. The molecule has 0 aromatic heterocycles. The molecule has 5 N–H and O–H groups in total. The molecule has 0 spiro atoms. The Bertz CT molecular complexity index is 554. The van der Waals surface area contributed by atoms with E-state index in [1.807, 2.05) is 0 Å². The van der Waals surface area contributed by atoms with Crippen LogP contribution in [0.25, 0.3) is 0 Å². The lowest BCUT2D eigenvalue weighted by Crippen LogP contribution is -2.48. The van der Waals surface area contributed by atoms with Crippen LogP contribution in [0.5, 0.6) is 0 Å². The van der Waals surface area contributed by atoms with E-state index in [9.17, 15) is 9.59 Å². The first kappa shape index (κ1) is 16.6. The van der Waals surface area contributed by atoms with Gasteiger partial charge in [-0.15, -0.1) is 12.4 Å². The number of rotatable bonds is 3. The van der Waals surface area contributed by atoms with Gasteiger partial charge in [-0.2, -0.15) is 0 Å². The number of hydrogen-bond donors (Lipinski definition) is 4. The molecule has 2 saturated heterocycles. The maximum Gasteiger partial charge on any atom is 0.316 e. The third-order valence-corrected chi connectivity index (χ3v) is 4.20. The van der Waals surface area contributed by atoms with Gasteiger partial charge in [0.15, 0.2) is 0 Å². The number of hydrogen-bond acceptors (Lipinski definition) is 3. The van der Waals surface area contributed by atoms with Gasteiger partial charge in [-0.3, -0.25) is 4.79 Å². The first-order valence-corrected chi connectivity index (χ1v) is 7.33. The molecule has 2 aliphatic rings. The van der Waals surface area contributed by atoms with Crippen molar-refractivity contribution < 1.29 is 9.59 Å². The maximum absolute atomic E-state index is 12.3. The molecule has 7 heteroatoms. The average molecular weight is 325 g/mol. The molecule has 22 heavy (non-hydrogen) atoms. The Balaban J connectivity index is 0.00000176. The normalized spacial score (nSPS) is 25.9. The van der Waals surface area contributed by atoms with Crippen molar-refractivity contribution in [1.29, 1.82) is 0 Å². The summed E-state index contributed by atoms with van der Waals surface area (Å²) in [5.74, 6) is -0.102. The van der Waals surface area contributed by atoms with Crippen LogP contribution in [0.15, 0.2) is 24.3 Å². The standard InChI is InChI=1S/C15H20N4O2.ClH/c16-15(21)19-10-3-1-2-9(6-10)14(20)18-13-7-11-4-5-12(8-13)17-11;/h1-3,6,11-13,17H,4-5,7-8H2,(H,18,20)(H3,16,19,21);1H. The molecule has 2 unspecified atom stereocenters. The van der Waals surface area contributed by atoms with Crippen LogP contribution in [0.2, 0.25) is 0 Å². The molecule has 3 rings (SSSR count). The molecular formula is C15H21ClN4O2. The van der Waals surface area contributed by atoms with Gasteiger partial charge in [0, 0.05) is 29.4 Å². The fourth-order valence-corrected chi connectivity index (χ4v) is 3.32. The van der Waals surface area contributed by atoms with E-state index < -0.39 is 6.03 Å². The fourth-order valence-electron chi connectivity index (χ4n) is 3.32. The Morgan fingerprint density at radius 1 is 1.18 bits per heavy atom. The summed E-state index contributed by atoms with van der Waals surface area (Å²) in [4.78, 5) is 23.2. The molecule has 2 atom stereocenters. The topological polar surface area (TPSA) is 96.2 Å². The van der Waals surface area contributed by atoms with Gasteiger partial charge < -0.3 is 21.7 Å². The Morgan fingerprint density at radius 3 is 2.50 bits per heavy atom. The molecule has 0 radical (unpaired) electrons. The summed E-state index contributed by atoms with van der Waals surface area (Å²) in [5, 5.41) is 9.12. The Kier molecular flexibility index (Phi) is 5.26. The smallest absolute Gasteiger partial charge is 0.316 e. The highest BCUT2D eigenvalue weighted by Crippen LogP contribution is 2.27. The molecule has 1 aromatic rings. The second-order valence-electron chi connectivity index (χ2n) is 5.85. The molecule has 2 bridgehead atoms. The Hall–Kier alpha value is -1.79. The minimum absolute atomic E-state index is 0. The van der Waals surface area contributed by atoms with Gasteiger partial charge >= 0.3 is 6.03 Å². The lowest BCUT2D eigenvalue weighted by molar-refractivity contribution is 0.0924. The van der Waals surface area contributed by atoms with Crippen LogP contribution < -0.4 is 21.7 Å². The molecule has 2 fully saturated rings. The van der Waals surface area contributed by atoms with Crippen LogP contribution in [0.1, 0.15) is 36.0 Å². The van der Waals surface area contributed by atoms with E-state index in [1.54, 1.807) is 24.3 Å². The molecule has 120 valence electrons. The van der Waals surface area contributed by atoms with E-state index >= 15 is 0 Å². The third kappa shape index (κ3) is 3.90. The SMILES string of the molecule is Cl.NC(=O)Nc1cccc(C(=O)NC2CC3CCC(C2)N3)c1. The number of primary amides is 1. The van der Waals surface area contributed by atoms with Crippen molar-refractivity contribution in [1.82, 2.24) is 10.6 Å². The fraction of sp³-hybridized carbons (Fsp3) is 0.467. The van der Waals surface area contributed by atoms with Crippen LogP contribution >= 0.6 is 12.4 Å². The minimum atomic E-state index is -0.637. The second-order valence-corrected chi connectivity index (χ2v) is 5.85. The van der Waals surface area contributed by atoms with E-state index in [4.69, 9.17) is 5.73 Å². The minimum Gasteiger partial charge on any atom is -0.351 e. The molecule has 6 nitrogen and oxygen atoms in total. The third-order valence-electron chi connectivity index (χ3n) is 4.20. The number of benzene rings is 1. The molecule has 0 saturated carbocycles. The summed E-state index contributed by atoms with van der Waals surface area (Å²) in [5.41, 5.74) is 6.14. The van der Waals surface area contributed by atoms with Gasteiger partial charge in [-0.25, -0.2) is 4.79 Å². The van der Waals surface area contributed by atoms with Crippen LogP contribution in [0.4, 0.5) is 10.5 Å². The second kappa shape index (κ2) is 6.98. The summed E-state index contributed by atoms with van der Waals surface area (Å²) >= 11 is 0. The lowest BCUT2D eigenvalue weighted by atomic mass is 9.99. The van der Waals surface area contributed by atoms with Crippen molar-refractivity contribution in [3.63, 3.8) is 0 Å². The largest absolute Gasteiger partial charge is 0.351 e. The van der Waals surface area contributed by atoms with Gasteiger partial charge in [0.05, 0.1) is 0 Å². The quantitative estimate of drug-likeness (QED) is 0.680. The van der Waals surface area contributed by atoms with Gasteiger partial charge in [-0.05, 0) is 43.9 Å². The Labute approximate surface area is 135 Å². The van der Waals surface area contributed by atoms with Crippen molar-refractivity contribution in [2.75, 3.05) is 5.32 Å². The molecule has 3 amide bonds. The predicted octanol–water partition coefficient (Wildman–Crippen LogP) is 1.61. The first-order valence-electron chi connectivity index (χ1n) is 7.33. The number of carbonyl (C=O) groups excluding carboxylic acids is 2. The van der Waals surface area contributed by atoms with Crippen LogP contribution in [0.3, 0.4) is 0 Å². The van der Waals surface area contributed by atoms with Crippen LogP contribution in [-0.2, 0) is 0 Å². The monoisotopic (exact) mass is 324 g/mol. The van der Waals surface area contributed by atoms with E-state index in [0.29, 0.717) is 23.3 Å². The number of fused-ring (bicyclic) bond motifs is 2. The first-order chi connectivity index (χ1) is 10.1. The molecule has 0 aliphatic carbocycles. The van der Waals surface area contributed by atoms with Crippen molar-refractivity contribution in [2.45, 2.75) is 43.8 Å². The van der Waals surface area contributed by atoms with Gasteiger partial charge in [0.2, 0.25) is 0 Å². The van der Waals surface area contributed by atoms with Crippen molar-refractivity contribution in [2.24, 2.45) is 5.73 Å². The Morgan fingerprint density at radius 2 is 1.86 bits per heavy atom. The van der Waals surface area contributed by atoms with Crippen LogP contribution in [-0.4, -0.2) is 30.1 Å². The molecular weight excluding hydrogens is 304 g/mol. The van der Waals surface area contributed by atoms with E-state index in [2.05, 4.69) is 16.0 Å². The summed E-state index contributed by atoms with van der Waals surface area (Å²) < 4.78 is 0. The zero-order chi connectivity index (χ0) is 14.8. The number of halogens is 1. The molecule has 2 heterocycles. The van der Waals surface area contributed by atoms with Crippen molar-refractivity contribution in [3.8, 4) is 0 Å². The summed E-state index contributed by atoms with van der Waals surface area (Å²) in [7, 11) is 0.